The first kappa shape index (κ1) is 21.4. The van der Waals surface area contributed by atoms with Gasteiger partial charge in [0.1, 0.15) is 17.1 Å². The summed E-state index contributed by atoms with van der Waals surface area (Å²) in [6, 6.07) is 19.0. The third-order valence-corrected chi connectivity index (χ3v) is 6.32. The van der Waals surface area contributed by atoms with E-state index in [-0.39, 0.29) is 0 Å². The van der Waals surface area contributed by atoms with E-state index in [2.05, 4.69) is 5.32 Å². The van der Waals surface area contributed by atoms with Crippen LogP contribution < -0.4 is 20.4 Å². The molecule has 33 heavy (non-hydrogen) atoms. The van der Waals surface area contributed by atoms with Crippen LogP contribution in [0.1, 0.15) is 17.0 Å². The van der Waals surface area contributed by atoms with Gasteiger partial charge >= 0.3 is 5.63 Å². The normalized spacial score (nSPS) is 16.8. The van der Waals surface area contributed by atoms with Crippen molar-refractivity contribution >= 4 is 45.8 Å². The molecule has 2 heterocycles. The molecule has 1 aromatic heterocycles. The molecule has 1 amide bonds. The Bertz CT molecular complexity index is 1430. The number of carbonyl (C=O) groups is 1. The third kappa shape index (κ3) is 3.81. The molecule has 0 spiro atoms. The molecule has 0 radical (unpaired) electrons. The summed E-state index contributed by atoms with van der Waals surface area (Å²) >= 11 is 12.1. The highest BCUT2D eigenvalue weighted by Gasteiger charge is 2.44. The van der Waals surface area contributed by atoms with E-state index >= 15 is 0 Å². The summed E-state index contributed by atoms with van der Waals surface area (Å²) in [5.41, 5.74) is 1.31. The SMILES string of the molecule is COc1ccc([C@@H]2c3c(c4ccccc4oc3=O)O[C@H]2C(=O)Nc2ccc(Cl)c(Cl)c2)cc1. The van der Waals surface area contributed by atoms with Crippen LogP contribution in [0.25, 0.3) is 11.0 Å². The summed E-state index contributed by atoms with van der Waals surface area (Å²) in [6.45, 7) is 0. The van der Waals surface area contributed by atoms with Crippen LogP contribution >= 0.6 is 23.2 Å². The van der Waals surface area contributed by atoms with Crippen LogP contribution in [0, 0.1) is 0 Å². The first-order chi connectivity index (χ1) is 16.0. The number of carbonyl (C=O) groups excluding carboxylic acids is 1. The maximum absolute atomic E-state index is 13.4. The molecule has 5 rings (SSSR count). The second kappa shape index (κ2) is 8.46. The lowest BCUT2D eigenvalue weighted by atomic mass is 9.88. The largest absolute Gasteiger partial charge is 0.497 e. The van der Waals surface area contributed by atoms with Gasteiger partial charge in [0, 0.05) is 5.69 Å². The Kier molecular flexibility index (Phi) is 5.48. The number of fused-ring (bicyclic) bond motifs is 3. The van der Waals surface area contributed by atoms with Gasteiger partial charge in [-0.15, -0.1) is 0 Å². The molecule has 0 bridgehead atoms. The lowest BCUT2D eigenvalue weighted by Crippen LogP contribution is -2.35. The zero-order valence-electron chi connectivity index (χ0n) is 17.3. The Balaban J connectivity index is 1.61. The van der Waals surface area contributed by atoms with Crippen LogP contribution in [0.15, 0.2) is 75.9 Å². The number of amides is 1. The molecule has 0 aliphatic carbocycles. The number of ether oxygens (including phenoxy) is 2. The fraction of sp³-hybridized carbons (Fsp3) is 0.120. The van der Waals surface area contributed by atoms with Gasteiger partial charge in [0.2, 0.25) is 0 Å². The molecule has 166 valence electrons. The number of hydrogen-bond donors (Lipinski definition) is 1. The van der Waals surface area contributed by atoms with Crippen molar-refractivity contribution in [1.82, 2.24) is 0 Å². The lowest BCUT2D eigenvalue weighted by Gasteiger charge is -2.19. The highest BCUT2D eigenvalue weighted by atomic mass is 35.5. The van der Waals surface area contributed by atoms with E-state index in [1.807, 2.05) is 6.07 Å². The van der Waals surface area contributed by atoms with Gasteiger partial charge in [0.15, 0.2) is 6.10 Å². The topological polar surface area (TPSA) is 77.8 Å². The van der Waals surface area contributed by atoms with E-state index in [1.54, 1.807) is 67.8 Å². The number of halogens is 2. The quantitative estimate of drug-likeness (QED) is 0.381. The Labute approximate surface area is 198 Å². The summed E-state index contributed by atoms with van der Waals surface area (Å²) in [5.74, 6) is -0.124. The number of hydrogen-bond acceptors (Lipinski definition) is 5. The van der Waals surface area contributed by atoms with E-state index in [4.69, 9.17) is 37.1 Å². The number of nitrogens with one attached hydrogen (secondary N) is 1. The standard InChI is InChI=1S/C25H17Cl2NO5/c1-31-15-9-6-13(7-10-15)20-21-22(16-4-2-3-5-19(16)32-25(21)30)33-23(20)24(29)28-14-8-11-17(26)18(27)12-14/h2-12,20,23H,1H3,(H,28,29)/t20-,23-/m1/s1. The molecular formula is C25H17Cl2NO5. The fourth-order valence-electron chi connectivity index (χ4n) is 4.02. The second-order valence-electron chi connectivity index (χ2n) is 7.54. The molecule has 1 aliphatic rings. The summed E-state index contributed by atoms with van der Waals surface area (Å²) in [6.07, 6.45) is -1.02. The van der Waals surface area contributed by atoms with E-state index in [0.717, 1.165) is 0 Å². The molecule has 0 fully saturated rings. The minimum absolute atomic E-state index is 0.299. The van der Waals surface area contributed by atoms with Gasteiger partial charge in [-0.25, -0.2) is 4.79 Å². The van der Waals surface area contributed by atoms with Crippen LogP contribution in [0.2, 0.25) is 10.0 Å². The smallest absolute Gasteiger partial charge is 0.344 e. The minimum atomic E-state index is -1.02. The van der Waals surface area contributed by atoms with Gasteiger partial charge in [-0.1, -0.05) is 47.5 Å². The molecule has 1 N–H and O–H groups in total. The average Bonchev–Trinajstić information content (AvgIpc) is 3.23. The molecule has 3 aromatic carbocycles. The van der Waals surface area contributed by atoms with Crippen molar-refractivity contribution < 1.29 is 18.7 Å². The van der Waals surface area contributed by atoms with E-state index < -0.39 is 23.6 Å². The molecule has 8 heteroatoms. The highest BCUT2D eigenvalue weighted by Crippen LogP contribution is 2.44. The second-order valence-corrected chi connectivity index (χ2v) is 8.35. The Morgan fingerprint density at radius 2 is 1.76 bits per heavy atom. The van der Waals surface area contributed by atoms with Gasteiger partial charge in [-0.2, -0.15) is 0 Å². The Morgan fingerprint density at radius 3 is 2.48 bits per heavy atom. The highest BCUT2D eigenvalue weighted by molar-refractivity contribution is 6.42. The van der Waals surface area contributed by atoms with Crippen LogP contribution in [0.3, 0.4) is 0 Å². The maximum atomic E-state index is 13.4. The first-order valence-corrected chi connectivity index (χ1v) is 10.8. The predicted molar refractivity (Wildman–Crippen MR) is 127 cm³/mol. The van der Waals surface area contributed by atoms with Crippen LogP contribution in [0.5, 0.6) is 11.5 Å². The van der Waals surface area contributed by atoms with Crippen molar-refractivity contribution in [2.24, 2.45) is 0 Å². The third-order valence-electron chi connectivity index (χ3n) is 5.58. The van der Waals surface area contributed by atoms with Crippen LogP contribution in [-0.4, -0.2) is 19.1 Å². The van der Waals surface area contributed by atoms with Gasteiger partial charge in [-0.3, -0.25) is 4.79 Å². The monoisotopic (exact) mass is 481 g/mol. The van der Waals surface area contributed by atoms with Crippen molar-refractivity contribution in [1.29, 1.82) is 0 Å². The molecule has 0 saturated carbocycles. The summed E-state index contributed by atoms with van der Waals surface area (Å²) in [4.78, 5) is 26.4. The number of rotatable bonds is 4. The Morgan fingerprint density at radius 1 is 1.00 bits per heavy atom. The van der Waals surface area contributed by atoms with E-state index in [9.17, 15) is 9.59 Å². The number of para-hydroxylation sites is 1. The molecular weight excluding hydrogens is 465 g/mol. The molecule has 1 aliphatic heterocycles. The van der Waals surface area contributed by atoms with Gasteiger partial charge in [-0.05, 0) is 48.0 Å². The van der Waals surface area contributed by atoms with Crippen molar-refractivity contribution in [3.05, 3.63) is 98.3 Å². The zero-order chi connectivity index (χ0) is 23.1. The van der Waals surface area contributed by atoms with E-state index in [0.29, 0.717) is 49.3 Å². The van der Waals surface area contributed by atoms with Gasteiger partial charge in [0.05, 0.1) is 34.0 Å². The Hall–Kier alpha value is -3.48. The molecule has 4 aromatic rings. The van der Waals surface area contributed by atoms with Crippen molar-refractivity contribution in [2.75, 3.05) is 12.4 Å². The van der Waals surface area contributed by atoms with Crippen LogP contribution in [0.4, 0.5) is 5.69 Å². The molecule has 0 unspecified atom stereocenters. The fourth-order valence-corrected chi connectivity index (χ4v) is 4.32. The average molecular weight is 482 g/mol. The van der Waals surface area contributed by atoms with Crippen LogP contribution in [-0.2, 0) is 4.79 Å². The maximum Gasteiger partial charge on any atom is 0.344 e. The summed E-state index contributed by atoms with van der Waals surface area (Å²) in [7, 11) is 1.57. The van der Waals surface area contributed by atoms with Crippen molar-refractivity contribution in [2.45, 2.75) is 12.0 Å². The van der Waals surface area contributed by atoms with Crippen molar-refractivity contribution in [3.8, 4) is 11.5 Å². The lowest BCUT2D eigenvalue weighted by molar-refractivity contribution is -0.122. The summed E-state index contributed by atoms with van der Waals surface area (Å²) in [5, 5.41) is 4.12. The molecule has 2 atom stereocenters. The number of benzene rings is 3. The van der Waals surface area contributed by atoms with Gasteiger partial charge < -0.3 is 19.2 Å². The minimum Gasteiger partial charge on any atom is -0.497 e. The zero-order valence-corrected chi connectivity index (χ0v) is 18.8. The molecule has 6 nitrogen and oxygen atoms in total. The number of methoxy groups -OCH3 is 1. The molecule has 0 saturated heterocycles. The summed E-state index contributed by atoms with van der Waals surface area (Å²) < 4.78 is 16.9. The number of anilines is 1. The van der Waals surface area contributed by atoms with Crippen molar-refractivity contribution in [3.63, 3.8) is 0 Å². The first-order valence-electron chi connectivity index (χ1n) is 10.1. The van der Waals surface area contributed by atoms with E-state index in [1.165, 1.54) is 0 Å². The van der Waals surface area contributed by atoms with Gasteiger partial charge in [0.25, 0.3) is 5.91 Å². The predicted octanol–water partition coefficient (Wildman–Crippen LogP) is 5.64.